The molecular weight excluding hydrogens is 440 g/mol. The number of halogens is 2. The van der Waals surface area contributed by atoms with Crippen molar-refractivity contribution in [3.63, 3.8) is 0 Å². The summed E-state index contributed by atoms with van der Waals surface area (Å²) in [5, 5.41) is 4.63. The topological polar surface area (TPSA) is 25.8 Å². The van der Waals surface area contributed by atoms with Crippen LogP contribution in [-0.2, 0) is 0 Å². The van der Waals surface area contributed by atoms with Crippen molar-refractivity contribution in [3.05, 3.63) is 69.1 Å². The van der Waals surface area contributed by atoms with E-state index < -0.39 is 0 Å². The average Bonchev–Trinajstić information content (AvgIpc) is 2.60. The minimum absolute atomic E-state index is 0.925. The zero-order chi connectivity index (χ0) is 17.1. The van der Waals surface area contributed by atoms with Gasteiger partial charge in [-0.2, -0.15) is 0 Å². The van der Waals surface area contributed by atoms with Crippen molar-refractivity contribution in [2.75, 3.05) is 0 Å². The number of hydrogen-bond acceptors (Lipinski definition) is 2. The van der Waals surface area contributed by atoms with E-state index in [-0.39, 0.29) is 0 Å². The van der Waals surface area contributed by atoms with Gasteiger partial charge in [-0.05, 0) is 59.7 Å². The molecule has 0 spiro atoms. The lowest BCUT2D eigenvalue weighted by Gasteiger charge is -2.11. The number of hydrogen-bond donors (Lipinski definition) is 0. The zero-order valence-corrected chi connectivity index (χ0v) is 16.5. The van der Waals surface area contributed by atoms with E-state index in [1.54, 1.807) is 0 Å². The Hall–Kier alpha value is -2.04. The summed E-state index contributed by atoms with van der Waals surface area (Å²) < 4.78 is 2.09. The molecule has 5 aromatic rings. The summed E-state index contributed by atoms with van der Waals surface area (Å²) in [6.07, 6.45) is 0. The van der Waals surface area contributed by atoms with Gasteiger partial charge in [0.15, 0.2) is 0 Å². The van der Waals surface area contributed by atoms with E-state index >= 15 is 0 Å². The van der Waals surface area contributed by atoms with E-state index in [0.717, 1.165) is 41.8 Å². The average molecular weight is 452 g/mol. The van der Waals surface area contributed by atoms with Crippen LogP contribution in [0.5, 0.6) is 0 Å². The lowest BCUT2D eigenvalue weighted by Crippen LogP contribution is -1.92. The van der Waals surface area contributed by atoms with Crippen LogP contribution in [0.4, 0.5) is 0 Å². The molecule has 0 aliphatic heterocycles. The molecule has 0 saturated heterocycles. The van der Waals surface area contributed by atoms with E-state index in [9.17, 15) is 0 Å². The van der Waals surface area contributed by atoms with Crippen LogP contribution in [0.15, 0.2) is 63.5 Å². The molecule has 0 saturated carbocycles. The maximum Gasteiger partial charge on any atom is 0.0979 e. The summed E-state index contributed by atoms with van der Waals surface area (Å²) >= 11 is 7.20. The first-order valence-corrected chi connectivity index (χ1v) is 9.57. The maximum absolute atomic E-state index is 4.99. The van der Waals surface area contributed by atoms with Crippen LogP contribution >= 0.6 is 31.9 Å². The van der Waals surface area contributed by atoms with E-state index in [2.05, 4.69) is 87.3 Å². The number of aryl methyl sites for hydroxylation is 1. The van der Waals surface area contributed by atoms with Crippen molar-refractivity contribution in [1.29, 1.82) is 0 Å². The van der Waals surface area contributed by atoms with E-state index in [1.165, 1.54) is 16.3 Å². The Morgan fingerprint density at radius 3 is 1.76 bits per heavy atom. The van der Waals surface area contributed by atoms with Crippen LogP contribution in [0.25, 0.3) is 43.6 Å². The molecule has 0 unspecified atom stereocenters. The summed E-state index contributed by atoms with van der Waals surface area (Å²) in [6, 6.07) is 18.9. The summed E-state index contributed by atoms with van der Waals surface area (Å²) in [7, 11) is 0. The molecule has 0 aliphatic rings. The molecule has 1 aromatic heterocycles. The van der Waals surface area contributed by atoms with Gasteiger partial charge in [-0.15, -0.1) is 0 Å². The van der Waals surface area contributed by atoms with Gasteiger partial charge in [-0.3, -0.25) is 0 Å². The van der Waals surface area contributed by atoms with Crippen molar-refractivity contribution in [1.82, 2.24) is 9.97 Å². The second-order valence-corrected chi connectivity index (χ2v) is 8.12. The van der Waals surface area contributed by atoms with Crippen LogP contribution < -0.4 is 0 Å². The smallest absolute Gasteiger partial charge is 0.0979 e. The molecule has 5 rings (SSSR count). The zero-order valence-electron chi connectivity index (χ0n) is 13.3. The van der Waals surface area contributed by atoms with Crippen LogP contribution in [0, 0.1) is 6.92 Å². The van der Waals surface area contributed by atoms with Gasteiger partial charge in [-0.1, -0.05) is 50.1 Å². The molecule has 0 fully saturated rings. The molecule has 0 amide bonds. The highest BCUT2D eigenvalue weighted by molar-refractivity contribution is 9.10. The molecule has 0 radical (unpaired) electrons. The van der Waals surface area contributed by atoms with Gasteiger partial charge in [0, 0.05) is 19.7 Å². The van der Waals surface area contributed by atoms with Gasteiger partial charge in [-0.25, -0.2) is 9.97 Å². The summed E-state index contributed by atoms with van der Waals surface area (Å²) in [5.74, 6) is 0. The fraction of sp³-hybridized carbons (Fsp3) is 0.0476. The molecule has 0 bridgehead atoms. The highest BCUT2D eigenvalue weighted by Gasteiger charge is 2.13. The molecular formula is C21H12Br2N2. The summed E-state index contributed by atoms with van der Waals surface area (Å²) in [4.78, 5) is 9.96. The number of nitrogens with zero attached hydrogens (tertiary/aromatic N) is 2. The second kappa shape index (κ2) is 5.48. The lowest BCUT2D eigenvalue weighted by molar-refractivity contribution is 1.39. The Balaban J connectivity index is 2.12. The van der Waals surface area contributed by atoms with E-state index in [4.69, 9.17) is 9.97 Å². The molecule has 2 nitrogen and oxygen atoms in total. The van der Waals surface area contributed by atoms with Crippen LogP contribution in [0.2, 0.25) is 0 Å². The predicted octanol–water partition coefficient (Wildman–Crippen LogP) is 6.92. The second-order valence-electron chi connectivity index (χ2n) is 6.29. The third-order valence-electron chi connectivity index (χ3n) is 4.58. The minimum Gasteiger partial charge on any atom is -0.244 e. The van der Waals surface area contributed by atoms with Crippen LogP contribution in [-0.4, -0.2) is 9.97 Å². The van der Waals surface area contributed by atoms with Crippen molar-refractivity contribution < 1.29 is 0 Å². The number of fused-ring (bicyclic) bond motifs is 7. The van der Waals surface area contributed by atoms with Crippen molar-refractivity contribution >= 4 is 75.5 Å². The standard InChI is InChI=1S/C21H12Br2N2/c1-11-2-7-18-19(8-11)25-21-17-10-13(23)4-6-15(17)14-5-3-12(22)9-16(14)20(21)24-18/h2-10H,1H3. The fourth-order valence-electron chi connectivity index (χ4n) is 3.43. The molecule has 0 atom stereocenters. The number of aromatic nitrogens is 2. The van der Waals surface area contributed by atoms with Crippen LogP contribution in [0.3, 0.4) is 0 Å². The largest absolute Gasteiger partial charge is 0.244 e. The van der Waals surface area contributed by atoms with E-state index in [0.29, 0.717) is 0 Å². The lowest BCUT2D eigenvalue weighted by atomic mass is 9.99. The molecule has 0 aliphatic carbocycles. The highest BCUT2D eigenvalue weighted by Crippen LogP contribution is 2.36. The number of rotatable bonds is 0. The van der Waals surface area contributed by atoms with Gasteiger partial charge < -0.3 is 0 Å². The number of benzene rings is 4. The van der Waals surface area contributed by atoms with Crippen molar-refractivity contribution in [2.45, 2.75) is 6.92 Å². The van der Waals surface area contributed by atoms with Gasteiger partial charge in [0.2, 0.25) is 0 Å². The molecule has 25 heavy (non-hydrogen) atoms. The first-order chi connectivity index (χ1) is 12.1. The molecule has 0 N–H and O–H groups in total. The molecule has 1 heterocycles. The first kappa shape index (κ1) is 15.2. The summed E-state index contributed by atoms with van der Waals surface area (Å²) in [6.45, 7) is 2.08. The third-order valence-corrected chi connectivity index (χ3v) is 5.57. The Bertz CT molecular complexity index is 1330. The Labute approximate surface area is 161 Å². The quantitative estimate of drug-likeness (QED) is 0.188. The van der Waals surface area contributed by atoms with Crippen molar-refractivity contribution in [2.24, 2.45) is 0 Å². The maximum atomic E-state index is 4.99. The van der Waals surface area contributed by atoms with Gasteiger partial charge in [0.25, 0.3) is 0 Å². The SMILES string of the molecule is Cc1ccc2nc3c4cc(Br)ccc4c4ccc(Br)cc4c3nc2c1. The van der Waals surface area contributed by atoms with Gasteiger partial charge in [0.05, 0.1) is 22.1 Å². The Morgan fingerprint density at radius 2 is 1.16 bits per heavy atom. The monoisotopic (exact) mass is 450 g/mol. The first-order valence-electron chi connectivity index (χ1n) is 7.99. The molecule has 4 heteroatoms. The van der Waals surface area contributed by atoms with Crippen molar-refractivity contribution in [3.8, 4) is 0 Å². The minimum atomic E-state index is 0.925. The Morgan fingerprint density at radius 1 is 0.600 bits per heavy atom. The van der Waals surface area contributed by atoms with Gasteiger partial charge >= 0.3 is 0 Å². The molecule has 120 valence electrons. The third kappa shape index (κ3) is 2.35. The highest BCUT2D eigenvalue weighted by atomic mass is 79.9. The summed E-state index contributed by atoms with van der Waals surface area (Å²) in [5.41, 5.74) is 4.94. The Kier molecular flexibility index (Phi) is 3.34. The van der Waals surface area contributed by atoms with Gasteiger partial charge in [0.1, 0.15) is 0 Å². The van der Waals surface area contributed by atoms with E-state index in [1.807, 2.05) is 6.07 Å². The fourth-order valence-corrected chi connectivity index (χ4v) is 4.16. The molecule has 4 aromatic carbocycles. The predicted molar refractivity (Wildman–Crippen MR) is 112 cm³/mol. The van der Waals surface area contributed by atoms with Crippen LogP contribution in [0.1, 0.15) is 5.56 Å². The normalized spacial score (nSPS) is 11.8.